The van der Waals surface area contributed by atoms with Crippen LogP contribution in [0.1, 0.15) is 62.0 Å². The van der Waals surface area contributed by atoms with Gasteiger partial charge in [0.15, 0.2) is 0 Å². The molecule has 30 heavy (non-hydrogen) atoms. The third-order valence-corrected chi connectivity index (χ3v) is 6.42. The van der Waals surface area contributed by atoms with Crippen LogP contribution in [0.2, 0.25) is 0 Å². The molecule has 2 saturated heterocycles. The highest BCUT2D eigenvalue weighted by Crippen LogP contribution is 2.32. The first kappa shape index (κ1) is 22.7. The molecule has 0 spiro atoms. The van der Waals surface area contributed by atoms with Gasteiger partial charge in [0, 0.05) is 49.9 Å². The summed E-state index contributed by atoms with van der Waals surface area (Å²) in [6.07, 6.45) is 7.29. The predicted molar refractivity (Wildman–Crippen MR) is 117 cm³/mol. The van der Waals surface area contributed by atoms with E-state index in [1.807, 2.05) is 6.92 Å². The Morgan fingerprint density at radius 1 is 1.03 bits per heavy atom. The first-order chi connectivity index (χ1) is 14.3. The fourth-order valence-corrected chi connectivity index (χ4v) is 4.47. The number of likely N-dealkylation sites (N-methyl/N-ethyl adjacent to an activating group) is 1. The Kier molecular flexibility index (Phi) is 7.83. The van der Waals surface area contributed by atoms with Gasteiger partial charge in [-0.2, -0.15) is 0 Å². The first-order valence-electron chi connectivity index (χ1n) is 11.2. The summed E-state index contributed by atoms with van der Waals surface area (Å²) >= 11 is 0. The molecule has 1 unspecified atom stereocenters. The van der Waals surface area contributed by atoms with Gasteiger partial charge in [-0.1, -0.05) is 25.3 Å². The van der Waals surface area contributed by atoms with E-state index in [4.69, 9.17) is 5.73 Å². The minimum atomic E-state index is -0.576. The highest BCUT2D eigenvalue weighted by Gasteiger charge is 2.31. The van der Waals surface area contributed by atoms with Gasteiger partial charge in [-0.15, -0.1) is 0 Å². The number of piperidine rings is 1. The number of carbonyl (C=O) groups excluding carboxylic acids is 2. The molecule has 2 heterocycles. The number of nitrogens with two attached hydrogens (primary N) is 1. The van der Waals surface area contributed by atoms with Crippen LogP contribution in [0.3, 0.4) is 0 Å². The normalized spacial score (nSPS) is 23.6. The van der Waals surface area contributed by atoms with Crippen LogP contribution >= 0.6 is 0 Å². The van der Waals surface area contributed by atoms with Crippen molar-refractivity contribution in [3.63, 3.8) is 0 Å². The predicted octanol–water partition coefficient (Wildman–Crippen LogP) is 2.68. The van der Waals surface area contributed by atoms with Crippen molar-refractivity contribution in [2.45, 2.75) is 63.8 Å². The maximum Gasteiger partial charge on any atom is 0.234 e. The van der Waals surface area contributed by atoms with Gasteiger partial charge in [-0.05, 0) is 44.9 Å². The maximum atomic E-state index is 14.6. The summed E-state index contributed by atoms with van der Waals surface area (Å²) in [4.78, 5) is 27.7. The van der Waals surface area contributed by atoms with E-state index in [9.17, 15) is 14.0 Å². The number of imide groups is 1. The van der Waals surface area contributed by atoms with E-state index >= 15 is 0 Å². The van der Waals surface area contributed by atoms with Crippen LogP contribution in [0.15, 0.2) is 12.1 Å². The van der Waals surface area contributed by atoms with Gasteiger partial charge in [0.2, 0.25) is 11.8 Å². The maximum absolute atomic E-state index is 14.6. The van der Waals surface area contributed by atoms with E-state index in [-0.39, 0.29) is 18.1 Å². The van der Waals surface area contributed by atoms with Gasteiger partial charge in [0.05, 0.1) is 5.92 Å². The van der Waals surface area contributed by atoms with E-state index in [2.05, 4.69) is 22.2 Å². The van der Waals surface area contributed by atoms with Gasteiger partial charge in [-0.3, -0.25) is 14.9 Å². The number of carbonyl (C=O) groups is 2. The van der Waals surface area contributed by atoms with Crippen molar-refractivity contribution in [2.24, 2.45) is 5.73 Å². The van der Waals surface area contributed by atoms with E-state index in [1.165, 1.54) is 32.1 Å². The van der Waals surface area contributed by atoms with E-state index < -0.39 is 11.8 Å². The number of halogens is 1. The number of piperazine rings is 1. The van der Waals surface area contributed by atoms with Crippen LogP contribution in [0, 0.1) is 12.7 Å². The molecule has 1 aromatic carbocycles. The number of hydrogen-bond acceptors (Lipinski definition) is 5. The highest BCUT2D eigenvalue weighted by molar-refractivity contribution is 6.01. The molecule has 0 aromatic heterocycles. The van der Waals surface area contributed by atoms with E-state index in [0.29, 0.717) is 18.0 Å². The molecule has 4 rings (SSSR count). The van der Waals surface area contributed by atoms with Crippen LogP contribution < -0.4 is 16.0 Å². The van der Waals surface area contributed by atoms with Crippen LogP contribution in [0.4, 0.5) is 10.1 Å². The smallest absolute Gasteiger partial charge is 0.234 e. The highest BCUT2D eigenvalue weighted by atomic mass is 19.1. The molecule has 2 amide bonds. The zero-order valence-electron chi connectivity index (χ0n) is 18.3. The van der Waals surface area contributed by atoms with Crippen molar-refractivity contribution in [1.82, 2.24) is 10.2 Å². The molecule has 1 atom stereocenters. The average Bonchev–Trinajstić information content (AvgIpc) is 2.72. The van der Waals surface area contributed by atoms with Gasteiger partial charge < -0.3 is 15.5 Å². The minimum Gasteiger partial charge on any atom is -0.369 e. The summed E-state index contributed by atoms with van der Waals surface area (Å²) in [5.74, 6) is -1.61. The number of aryl methyl sites for hydroxylation is 1. The molecule has 1 aromatic rings. The van der Waals surface area contributed by atoms with Crippen molar-refractivity contribution < 1.29 is 14.0 Å². The van der Waals surface area contributed by atoms with Crippen LogP contribution in [-0.2, 0) is 9.59 Å². The fraction of sp³-hybridized carbons (Fsp3) is 0.652. The Balaban J connectivity index is 0.000000310. The average molecular weight is 419 g/mol. The third kappa shape index (κ3) is 5.79. The first-order valence-corrected chi connectivity index (χ1v) is 11.2. The Labute approximate surface area is 179 Å². The molecule has 1 saturated carbocycles. The molecule has 6 nitrogen and oxygen atoms in total. The number of anilines is 1. The lowest BCUT2D eigenvalue weighted by molar-refractivity contribution is -0.134. The summed E-state index contributed by atoms with van der Waals surface area (Å²) in [5, 5.41) is 2.30. The van der Waals surface area contributed by atoms with E-state index in [1.54, 1.807) is 12.1 Å². The lowest BCUT2D eigenvalue weighted by Gasteiger charge is -2.35. The zero-order chi connectivity index (χ0) is 21.7. The Morgan fingerprint density at radius 2 is 1.70 bits per heavy atom. The molecule has 3 fully saturated rings. The van der Waals surface area contributed by atoms with Gasteiger partial charge >= 0.3 is 0 Å². The number of nitrogens with one attached hydrogen (secondary N) is 1. The molecule has 0 radical (unpaired) electrons. The second kappa shape index (κ2) is 10.4. The molecular weight excluding hydrogens is 383 g/mol. The van der Waals surface area contributed by atoms with Crippen molar-refractivity contribution in [1.29, 1.82) is 0 Å². The van der Waals surface area contributed by atoms with Gasteiger partial charge in [0.25, 0.3) is 0 Å². The quantitative estimate of drug-likeness (QED) is 0.722. The number of nitrogens with zero attached hydrogens (tertiary/aromatic N) is 2. The van der Waals surface area contributed by atoms with Crippen LogP contribution in [0.5, 0.6) is 0 Å². The molecular formula is C23H35FN4O2. The fourth-order valence-electron chi connectivity index (χ4n) is 4.47. The zero-order valence-corrected chi connectivity index (χ0v) is 18.3. The number of hydrogen-bond donors (Lipinski definition) is 2. The monoisotopic (exact) mass is 418 g/mol. The second-order valence-electron chi connectivity index (χ2n) is 8.85. The number of rotatable bonds is 2. The summed E-state index contributed by atoms with van der Waals surface area (Å²) in [5.41, 5.74) is 7.89. The SMILES string of the molecule is Cc1cc(C2CCC(=O)NC2=O)c(F)cc1N1CCN(C)CC1.NC1CCCCC1. The molecule has 1 aliphatic carbocycles. The molecule has 2 aliphatic heterocycles. The van der Waals surface area contributed by atoms with Crippen LogP contribution in [0.25, 0.3) is 0 Å². The third-order valence-electron chi connectivity index (χ3n) is 6.42. The topological polar surface area (TPSA) is 78.7 Å². The standard InChI is InChI=1S/C17H22FN3O2.C6H13N/c1-11-9-13(12-3-4-16(22)19-17(12)23)14(18)10-15(11)21-7-5-20(2)6-8-21;7-6-4-2-1-3-5-6/h9-10,12H,3-8H2,1-2H3,(H,19,22,23);6H,1-5,7H2. The van der Waals surface area contributed by atoms with Crippen molar-refractivity contribution in [2.75, 3.05) is 38.1 Å². The number of benzene rings is 1. The largest absolute Gasteiger partial charge is 0.369 e. The Morgan fingerprint density at radius 3 is 2.27 bits per heavy atom. The Hall–Kier alpha value is -1.99. The lowest BCUT2D eigenvalue weighted by atomic mass is 9.89. The second-order valence-corrected chi connectivity index (χ2v) is 8.85. The summed E-state index contributed by atoms with van der Waals surface area (Å²) < 4.78 is 14.6. The molecule has 7 heteroatoms. The van der Waals surface area contributed by atoms with Crippen molar-refractivity contribution >= 4 is 17.5 Å². The summed E-state index contributed by atoms with van der Waals surface area (Å²) in [6.45, 7) is 5.59. The van der Waals surface area contributed by atoms with Gasteiger partial charge in [0.1, 0.15) is 5.82 Å². The minimum absolute atomic E-state index is 0.259. The molecule has 166 valence electrons. The summed E-state index contributed by atoms with van der Waals surface area (Å²) in [6, 6.07) is 3.84. The van der Waals surface area contributed by atoms with Crippen LogP contribution in [-0.4, -0.2) is 56.0 Å². The van der Waals surface area contributed by atoms with Gasteiger partial charge in [-0.25, -0.2) is 4.39 Å². The lowest BCUT2D eigenvalue weighted by Crippen LogP contribution is -2.44. The van der Waals surface area contributed by atoms with Crippen molar-refractivity contribution in [3.05, 3.63) is 29.1 Å². The van der Waals surface area contributed by atoms with E-state index in [0.717, 1.165) is 37.4 Å². The molecule has 3 N–H and O–H groups in total. The molecule has 0 bridgehead atoms. The van der Waals surface area contributed by atoms with Crippen molar-refractivity contribution in [3.8, 4) is 0 Å². The Bertz CT molecular complexity index is 756. The summed E-state index contributed by atoms with van der Waals surface area (Å²) in [7, 11) is 2.08. The molecule has 3 aliphatic rings. The number of amides is 2.